The van der Waals surface area contributed by atoms with Crippen molar-refractivity contribution in [2.45, 2.75) is 56.0 Å². The van der Waals surface area contributed by atoms with E-state index in [0.29, 0.717) is 32.6 Å². The van der Waals surface area contributed by atoms with Crippen LogP contribution in [0.5, 0.6) is 0 Å². The predicted octanol–water partition coefficient (Wildman–Crippen LogP) is 0.272. The van der Waals surface area contributed by atoms with Crippen molar-refractivity contribution < 1.29 is 9.53 Å². The Balaban J connectivity index is 1.83. The SMILES string of the molecule is NC1(CNC(=O)C2(N)CCOCC2)CCCCC1. The lowest BCUT2D eigenvalue weighted by Crippen LogP contribution is -2.60. The van der Waals surface area contributed by atoms with Crippen molar-refractivity contribution in [2.75, 3.05) is 19.8 Å². The monoisotopic (exact) mass is 255 g/mol. The van der Waals surface area contributed by atoms with Gasteiger partial charge in [0.05, 0.1) is 5.54 Å². The van der Waals surface area contributed by atoms with Gasteiger partial charge in [0.25, 0.3) is 0 Å². The van der Waals surface area contributed by atoms with E-state index < -0.39 is 5.54 Å². The molecule has 104 valence electrons. The molecule has 0 bridgehead atoms. The number of ether oxygens (including phenoxy) is 1. The van der Waals surface area contributed by atoms with Gasteiger partial charge < -0.3 is 21.5 Å². The molecule has 1 aliphatic carbocycles. The van der Waals surface area contributed by atoms with Crippen LogP contribution in [0.3, 0.4) is 0 Å². The van der Waals surface area contributed by atoms with E-state index in [9.17, 15) is 4.79 Å². The number of nitrogens with two attached hydrogens (primary N) is 2. The van der Waals surface area contributed by atoms with E-state index in [-0.39, 0.29) is 11.4 Å². The van der Waals surface area contributed by atoms with Gasteiger partial charge in [-0.25, -0.2) is 0 Å². The Morgan fingerprint density at radius 1 is 1.06 bits per heavy atom. The van der Waals surface area contributed by atoms with Crippen molar-refractivity contribution >= 4 is 5.91 Å². The van der Waals surface area contributed by atoms with Crippen LogP contribution < -0.4 is 16.8 Å². The van der Waals surface area contributed by atoms with Gasteiger partial charge >= 0.3 is 0 Å². The summed E-state index contributed by atoms with van der Waals surface area (Å²) in [5, 5.41) is 2.96. The second kappa shape index (κ2) is 5.55. The van der Waals surface area contributed by atoms with Crippen molar-refractivity contribution in [3.05, 3.63) is 0 Å². The molecule has 5 N–H and O–H groups in total. The fourth-order valence-corrected chi connectivity index (χ4v) is 2.83. The van der Waals surface area contributed by atoms with Crippen LogP contribution in [0.4, 0.5) is 0 Å². The van der Waals surface area contributed by atoms with E-state index in [1.165, 1.54) is 6.42 Å². The van der Waals surface area contributed by atoms with Crippen molar-refractivity contribution in [3.63, 3.8) is 0 Å². The number of amides is 1. The molecule has 0 radical (unpaired) electrons. The van der Waals surface area contributed by atoms with Crippen LogP contribution in [0.25, 0.3) is 0 Å². The third-order valence-corrected chi connectivity index (χ3v) is 4.29. The first-order chi connectivity index (χ1) is 8.54. The summed E-state index contributed by atoms with van der Waals surface area (Å²) in [7, 11) is 0. The summed E-state index contributed by atoms with van der Waals surface area (Å²) in [5.74, 6) is -0.0683. The molecule has 1 heterocycles. The maximum atomic E-state index is 12.2. The zero-order chi connectivity index (χ0) is 13.1. The van der Waals surface area contributed by atoms with E-state index >= 15 is 0 Å². The lowest BCUT2D eigenvalue weighted by Gasteiger charge is -2.36. The first-order valence-electron chi connectivity index (χ1n) is 6.98. The molecule has 1 saturated carbocycles. The quantitative estimate of drug-likeness (QED) is 0.675. The maximum absolute atomic E-state index is 12.2. The van der Waals surface area contributed by atoms with E-state index in [0.717, 1.165) is 25.7 Å². The number of nitrogens with one attached hydrogen (secondary N) is 1. The molecule has 0 unspecified atom stereocenters. The Morgan fingerprint density at radius 2 is 1.67 bits per heavy atom. The minimum Gasteiger partial charge on any atom is -0.381 e. The Hall–Kier alpha value is -0.650. The lowest BCUT2D eigenvalue weighted by molar-refractivity contribution is -0.130. The van der Waals surface area contributed by atoms with E-state index in [1.807, 2.05) is 0 Å². The highest BCUT2D eigenvalue weighted by Crippen LogP contribution is 2.25. The highest BCUT2D eigenvalue weighted by atomic mass is 16.5. The van der Waals surface area contributed by atoms with Gasteiger partial charge in [-0.1, -0.05) is 19.3 Å². The van der Waals surface area contributed by atoms with Gasteiger partial charge in [0.1, 0.15) is 0 Å². The van der Waals surface area contributed by atoms with Gasteiger partial charge in [-0.15, -0.1) is 0 Å². The molecule has 0 aromatic heterocycles. The van der Waals surface area contributed by atoms with Gasteiger partial charge in [0.2, 0.25) is 5.91 Å². The Bertz CT molecular complexity index is 295. The molecular weight excluding hydrogens is 230 g/mol. The molecule has 5 heteroatoms. The third kappa shape index (κ3) is 3.22. The first-order valence-corrected chi connectivity index (χ1v) is 6.98. The molecule has 1 saturated heterocycles. The number of carbonyl (C=O) groups is 1. The first kappa shape index (κ1) is 13.8. The van der Waals surface area contributed by atoms with Crippen molar-refractivity contribution in [3.8, 4) is 0 Å². The van der Waals surface area contributed by atoms with Crippen LogP contribution >= 0.6 is 0 Å². The van der Waals surface area contributed by atoms with Crippen LogP contribution in [0, 0.1) is 0 Å². The van der Waals surface area contributed by atoms with Gasteiger partial charge in [-0.05, 0) is 25.7 Å². The van der Waals surface area contributed by atoms with Crippen molar-refractivity contribution in [1.82, 2.24) is 5.32 Å². The van der Waals surface area contributed by atoms with Crippen LogP contribution in [-0.2, 0) is 9.53 Å². The average molecular weight is 255 g/mol. The zero-order valence-electron chi connectivity index (χ0n) is 11.0. The van der Waals surface area contributed by atoms with Gasteiger partial charge in [0, 0.05) is 25.3 Å². The van der Waals surface area contributed by atoms with E-state index in [4.69, 9.17) is 16.2 Å². The summed E-state index contributed by atoms with van der Waals surface area (Å²) in [6.07, 6.45) is 6.75. The molecule has 5 nitrogen and oxygen atoms in total. The third-order valence-electron chi connectivity index (χ3n) is 4.29. The summed E-state index contributed by atoms with van der Waals surface area (Å²) in [6, 6.07) is 0. The topological polar surface area (TPSA) is 90.4 Å². The smallest absolute Gasteiger partial charge is 0.240 e. The Morgan fingerprint density at radius 3 is 2.28 bits per heavy atom. The molecule has 0 aromatic rings. The molecular formula is C13H25N3O2. The minimum atomic E-state index is -0.761. The van der Waals surface area contributed by atoms with E-state index in [1.54, 1.807) is 0 Å². The fourth-order valence-electron chi connectivity index (χ4n) is 2.83. The molecule has 0 atom stereocenters. The number of rotatable bonds is 3. The van der Waals surface area contributed by atoms with Gasteiger partial charge in [-0.3, -0.25) is 4.79 Å². The van der Waals surface area contributed by atoms with Crippen LogP contribution in [0.1, 0.15) is 44.9 Å². The Kier molecular flexibility index (Phi) is 4.25. The van der Waals surface area contributed by atoms with Crippen LogP contribution in [0.2, 0.25) is 0 Å². The largest absolute Gasteiger partial charge is 0.381 e. The van der Waals surface area contributed by atoms with Crippen molar-refractivity contribution in [2.24, 2.45) is 11.5 Å². The second-order valence-electron chi connectivity index (χ2n) is 5.87. The van der Waals surface area contributed by atoms with Crippen LogP contribution in [0.15, 0.2) is 0 Å². The Labute approximate surface area is 109 Å². The number of hydrogen-bond acceptors (Lipinski definition) is 4. The molecule has 0 aromatic carbocycles. The molecule has 0 spiro atoms. The van der Waals surface area contributed by atoms with E-state index in [2.05, 4.69) is 5.32 Å². The predicted molar refractivity (Wildman–Crippen MR) is 70.0 cm³/mol. The minimum absolute atomic E-state index is 0.0683. The summed E-state index contributed by atoms with van der Waals surface area (Å²) in [4.78, 5) is 12.2. The highest BCUT2D eigenvalue weighted by molar-refractivity contribution is 5.86. The number of hydrogen-bond donors (Lipinski definition) is 3. The lowest BCUT2D eigenvalue weighted by atomic mass is 9.82. The standard InChI is InChI=1S/C13H25N3O2/c14-12(4-2-1-3-5-12)10-16-11(17)13(15)6-8-18-9-7-13/h1-10,14-15H2,(H,16,17). The van der Waals surface area contributed by atoms with Crippen molar-refractivity contribution in [1.29, 1.82) is 0 Å². The summed E-state index contributed by atoms with van der Waals surface area (Å²) in [5.41, 5.74) is 11.4. The normalized spacial score (nSPS) is 26.6. The average Bonchev–Trinajstić information content (AvgIpc) is 2.38. The summed E-state index contributed by atoms with van der Waals surface area (Å²) in [6.45, 7) is 1.68. The molecule has 18 heavy (non-hydrogen) atoms. The second-order valence-corrected chi connectivity index (χ2v) is 5.87. The molecule has 1 amide bonds. The number of carbonyl (C=O) groups excluding carboxylic acids is 1. The van der Waals surface area contributed by atoms with Gasteiger partial charge in [0.15, 0.2) is 0 Å². The fraction of sp³-hybridized carbons (Fsp3) is 0.923. The van der Waals surface area contributed by atoms with Gasteiger partial charge in [-0.2, -0.15) is 0 Å². The van der Waals surface area contributed by atoms with Crippen LogP contribution in [-0.4, -0.2) is 36.7 Å². The summed E-state index contributed by atoms with van der Waals surface area (Å²) < 4.78 is 5.24. The molecule has 2 fully saturated rings. The molecule has 2 aliphatic rings. The molecule has 2 rings (SSSR count). The maximum Gasteiger partial charge on any atom is 0.240 e. The highest BCUT2D eigenvalue weighted by Gasteiger charge is 2.37. The molecule has 1 aliphatic heterocycles. The zero-order valence-corrected chi connectivity index (χ0v) is 11.0. The summed E-state index contributed by atoms with van der Waals surface area (Å²) >= 11 is 0.